The molecule has 2 aromatic carbocycles. The van der Waals surface area contributed by atoms with Crippen LogP contribution in [0.15, 0.2) is 47.6 Å². The summed E-state index contributed by atoms with van der Waals surface area (Å²) in [7, 11) is 0. The van der Waals surface area contributed by atoms with Crippen molar-refractivity contribution < 1.29 is 14.3 Å². The number of rotatable bonds is 9. The Balaban J connectivity index is 1.29. The average molecular weight is 476 g/mol. The van der Waals surface area contributed by atoms with Crippen LogP contribution in [-0.2, 0) is 22.4 Å². The summed E-state index contributed by atoms with van der Waals surface area (Å²) in [6.45, 7) is 4.66. The van der Waals surface area contributed by atoms with E-state index in [0.29, 0.717) is 24.5 Å². The molecule has 1 aliphatic carbocycles. The van der Waals surface area contributed by atoms with E-state index in [0.717, 1.165) is 56.4 Å². The molecule has 6 nitrogen and oxygen atoms in total. The first kappa shape index (κ1) is 25.0. The molecule has 0 aromatic heterocycles. The lowest BCUT2D eigenvalue weighted by Crippen LogP contribution is -2.24. The number of piperidine rings is 1. The Morgan fingerprint density at radius 2 is 1.89 bits per heavy atom. The first-order valence-electron chi connectivity index (χ1n) is 13.1. The van der Waals surface area contributed by atoms with Crippen molar-refractivity contribution in [1.29, 1.82) is 0 Å². The van der Waals surface area contributed by atoms with Gasteiger partial charge < -0.3 is 10.1 Å². The molecule has 186 valence electrons. The van der Waals surface area contributed by atoms with Crippen molar-refractivity contribution in [3.05, 3.63) is 64.7 Å². The molecular formula is C29H37N3O3. The Bertz CT molecular complexity index is 1030. The van der Waals surface area contributed by atoms with Crippen molar-refractivity contribution in [2.24, 2.45) is 11.0 Å². The summed E-state index contributed by atoms with van der Waals surface area (Å²) in [5, 5.41) is 9.69. The fraction of sp³-hybridized carbons (Fsp3) is 0.483. The first-order valence-corrected chi connectivity index (χ1v) is 13.1. The Labute approximate surface area is 208 Å². The van der Waals surface area contributed by atoms with E-state index >= 15 is 0 Å². The van der Waals surface area contributed by atoms with Gasteiger partial charge in [-0.25, -0.2) is 0 Å². The molecule has 6 heteroatoms. The molecular weight excluding hydrogens is 438 g/mol. The number of fused-ring (bicyclic) bond motifs is 1. The summed E-state index contributed by atoms with van der Waals surface area (Å²) < 4.78 is 5.33. The summed E-state index contributed by atoms with van der Waals surface area (Å²) in [4.78, 5) is 24.9. The van der Waals surface area contributed by atoms with Crippen LogP contribution in [0.1, 0.15) is 78.9 Å². The quantitative estimate of drug-likeness (QED) is 0.291. The number of hydrogen-bond donors (Lipinski definition) is 1. The molecule has 1 N–H and O–H groups in total. The largest absolute Gasteiger partial charge is 0.466 e. The zero-order valence-electron chi connectivity index (χ0n) is 20.8. The summed E-state index contributed by atoms with van der Waals surface area (Å²) in [5.74, 6) is 0.115. The number of esters is 1. The SMILES string of the molecule is CCCCOC(=O)CC1CCc2cc(C(=O)Nc3ccc(C=NN4CCCCC4)cc3)ccc2C1. The molecule has 0 saturated carbocycles. The highest BCUT2D eigenvalue weighted by Gasteiger charge is 2.22. The molecule has 1 atom stereocenters. The normalized spacial score (nSPS) is 17.7. The molecule has 0 radical (unpaired) electrons. The van der Waals surface area contributed by atoms with Gasteiger partial charge in [0.25, 0.3) is 5.91 Å². The van der Waals surface area contributed by atoms with Crippen molar-refractivity contribution in [2.75, 3.05) is 25.0 Å². The van der Waals surface area contributed by atoms with Gasteiger partial charge in [-0.15, -0.1) is 0 Å². The third kappa shape index (κ3) is 7.41. The number of carbonyl (C=O) groups excluding carboxylic acids is 2. The van der Waals surface area contributed by atoms with Gasteiger partial charge in [-0.1, -0.05) is 31.5 Å². The predicted octanol–water partition coefficient (Wildman–Crippen LogP) is 5.60. The maximum Gasteiger partial charge on any atom is 0.306 e. The highest BCUT2D eigenvalue weighted by molar-refractivity contribution is 6.04. The Hall–Kier alpha value is -3.15. The smallest absolute Gasteiger partial charge is 0.306 e. The lowest BCUT2D eigenvalue weighted by molar-refractivity contribution is -0.145. The summed E-state index contributed by atoms with van der Waals surface area (Å²) >= 11 is 0. The number of amides is 1. The number of nitrogens with zero attached hydrogens (tertiary/aromatic N) is 2. The second-order valence-electron chi connectivity index (χ2n) is 9.71. The molecule has 1 unspecified atom stereocenters. The predicted molar refractivity (Wildman–Crippen MR) is 140 cm³/mol. The van der Waals surface area contributed by atoms with Crippen LogP contribution in [0.5, 0.6) is 0 Å². The van der Waals surface area contributed by atoms with Gasteiger partial charge in [0.05, 0.1) is 12.8 Å². The van der Waals surface area contributed by atoms with Crippen LogP contribution in [0.4, 0.5) is 5.69 Å². The van der Waals surface area contributed by atoms with Gasteiger partial charge in [0.2, 0.25) is 0 Å². The molecule has 1 amide bonds. The number of unbranched alkanes of at least 4 members (excludes halogenated alkanes) is 1. The fourth-order valence-corrected chi connectivity index (χ4v) is 4.77. The maximum absolute atomic E-state index is 12.8. The molecule has 1 aliphatic heterocycles. The second kappa shape index (κ2) is 12.5. The van der Waals surface area contributed by atoms with Crippen molar-refractivity contribution in [2.45, 2.75) is 64.7 Å². The molecule has 0 spiro atoms. The third-order valence-electron chi connectivity index (χ3n) is 6.89. The van der Waals surface area contributed by atoms with Crippen LogP contribution in [0, 0.1) is 5.92 Å². The summed E-state index contributed by atoms with van der Waals surface area (Å²) in [5.41, 5.74) is 4.89. The average Bonchev–Trinajstić information content (AvgIpc) is 2.88. The highest BCUT2D eigenvalue weighted by atomic mass is 16.5. The number of anilines is 1. The Morgan fingerprint density at radius 3 is 2.66 bits per heavy atom. The number of aryl methyl sites for hydroxylation is 1. The third-order valence-corrected chi connectivity index (χ3v) is 6.89. The lowest BCUT2D eigenvalue weighted by Gasteiger charge is -2.24. The van der Waals surface area contributed by atoms with Crippen molar-refractivity contribution >= 4 is 23.8 Å². The van der Waals surface area contributed by atoms with Gasteiger partial charge in [-0.2, -0.15) is 5.10 Å². The monoisotopic (exact) mass is 475 g/mol. The number of nitrogens with one attached hydrogen (secondary N) is 1. The summed E-state index contributed by atoms with van der Waals surface area (Å²) in [6.07, 6.45) is 10.7. The Morgan fingerprint density at radius 1 is 1.09 bits per heavy atom. The molecule has 4 rings (SSSR count). The Kier molecular flexibility index (Phi) is 8.93. The van der Waals surface area contributed by atoms with Gasteiger partial charge in [0, 0.05) is 30.8 Å². The topological polar surface area (TPSA) is 71.0 Å². The van der Waals surface area contributed by atoms with Crippen molar-refractivity contribution in [3.8, 4) is 0 Å². The van der Waals surface area contributed by atoms with E-state index in [1.807, 2.05) is 48.7 Å². The number of carbonyl (C=O) groups is 2. The number of benzene rings is 2. The van der Waals surface area contributed by atoms with Crippen LogP contribution in [0.2, 0.25) is 0 Å². The highest BCUT2D eigenvalue weighted by Crippen LogP contribution is 2.29. The van der Waals surface area contributed by atoms with Crippen molar-refractivity contribution in [3.63, 3.8) is 0 Å². The van der Waals surface area contributed by atoms with Gasteiger partial charge in [0.15, 0.2) is 0 Å². The van der Waals surface area contributed by atoms with E-state index in [9.17, 15) is 9.59 Å². The number of hydrogen-bond acceptors (Lipinski definition) is 5. The van der Waals surface area contributed by atoms with Gasteiger partial charge in [-0.3, -0.25) is 14.6 Å². The fourth-order valence-electron chi connectivity index (χ4n) is 4.77. The molecule has 1 saturated heterocycles. The number of ether oxygens (including phenoxy) is 1. The first-order chi connectivity index (χ1) is 17.1. The van der Waals surface area contributed by atoms with E-state index in [1.54, 1.807) is 0 Å². The molecule has 2 aromatic rings. The lowest BCUT2D eigenvalue weighted by atomic mass is 9.81. The minimum atomic E-state index is -0.107. The van der Waals surface area contributed by atoms with E-state index in [4.69, 9.17) is 4.74 Å². The van der Waals surface area contributed by atoms with Crippen LogP contribution < -0.4 is 5.32 Å². The maximum atomic E-state index is 12.8. The number of hydrazone groups is 1. The zero-order valence-corrected chi connectivity index (χ0v) is 20.8. The summed E-state index contributed by atoms with van der Waals surface area (Å²) in [6, 6.07) is 13.7. The van der Waals surface area contributed by atoms with Crippen LogP contribution in [0.3, 0.4) is 0 Å². The molecule has 35 heavy (non-hydrogen) atoms. The molecule has 1 fully saturated rings. The second-order valence-corrected chi connectivity index (χ2v) is 9.71. The minimum Gasteiger partial charge on any atom is -0.466 e. The van der Waals surface area contributed by atoms with Gasteiger partial charge in [0.1, 0.15) is 0 Å². The molecule has 0 bridgehead atoms. The van der Waals surface area contributed by atoms with Crippen LogP contribution in [0.25, 0.3) is 0 Å². The molecule has 1 heterocycles. The van der Waals surface area contributed by atoms with Crippen LogP contribution >= 0.6 is 0 Å². The minimum absolute atomic E-state index is 0.0910. The van der Waals surface area contributed by atoms with Gasteiger partial charge in [-0.05, 0) is 91.8 Å². The van der Waals surface area contributed by atoms with E-state index in [2.05, 4.69) is 22.4 Å². The van der Waals surface area contributed by atoms with Crippen molar-refractivity contribution in [1.82, 2.24) is 5.01 Å². The van der Waals surface area contributed by atoms with E-state index < -0.39 is 0 Å². The van der Waals surface area contributed by atoms with E-state index in [1.165, 1.54) is 30.4 Å². The van der Waals surface area contributed by atoms with E-state index in [-0.39, 0.29) is 11.9 Å². The standard InChI is InChI=1S/C29H37N3O3/c1-2-3-17-35-28(33)19-23-7-10-25-20-26(12-11-24(25)18-23)29(34)31-27-13-8-22(9-14-27)21-30-32-15-5-4-6-16-32/h8-9,11-14,20-21,23H,2-7,10,15-19H2,1H3,(H,31,34). The van der Waals surface area contributed by atoms with Gasteiger partial charge >= 0.3 is 5.97 Å². The zero-order chi connectivity index (χ0) is 24.5. The molecule has 2 aliphatic rings. The van der Waals surface area contributed by atoms with Crippen LogP contribution in [-0.4, -0.2) is 42.8 Å².